The molecule has 0 spiro atoms. The molecule has 0 radical (unpaired) electrons. The minimum atomic E-state index is -4.12. The molecule has 3 aromatic rings. The average Bonchev–Trinajstić information content (AvgIpc) is 2.90. The van der Waals surface area contributed by atoms with Crippen molar-refractivity contribution in [1.29, 1.82) is 0 Å². The lowest BCUT2D eigenvalue weighted by molar-refractivity contribution is -0.139. The molecule has 208 valence electrons. The summed E-state index contributed by atoms with van der Waals surface area (Å²) in [5.41, 5.74) is 2.77. The molecule has 0 fully saturated rings. The van der Waals surface area contributed by atoms with Crippen molar-refractivity contribution < 1.29 is 18.0 Å². The summed E-state index contributed by atoms with van der Waals surface area (Å²) in [6.45, 7) is 8.66. The van der Waals surface area contributed by atoms with Crippen molar-refractivity contribution in [1.82, 2.24) is 10.2 Å². The van der Waals surface area contributed by atoms with Gasteiger partial charge in [-0.3, -0.25) is 13.9 Å². The van der Waals surface area contributed by atoms with Gasteiger partial charge in [-0.2, -0.15) is 0 Å². The van der Waals surface area contributed by atoms with E-state index < -0.39 is 28.5 Å². The molecule has 1 atom stereocenters. The lowest BCUT2D eigenvalue weighted by Crippen LogP contribution is -2.52. The highest BCUT2D eigenvalue weighted by Gasteiger charge is 2.33. The van der Waals surface area contributed by atoms with Gasteiger partial charge in [0, 0.05) is 17.6 Å². The number of halogens is 1. The number of anilines is 1. The number of hydrogen-bond acceptors (Lipinski definition) is 4. The summed E-state index contributed by atoms with van der Waals surface area (Å²) in [4.78, 5) is 28.5. The highest BCUT2D eigenvalue weighted by atomic mass is 35.5. The second-order valence-electron chi connectivity index (χ2n) is 9.76. The predicted octanol–water partition coefficient (Wildman–Crippen LogP) is 5.35. The van der Waals surface area contributed by atoms with Crippen LogP contribution in [0.15, 0.2) is 77.7 Å². The van der Waals surface area contributed by atoms with E-state index >= 15 is 0 Å². The third kappa shape index (κ3) is 7.40. The fourth-order valence-corrected chi connectivity index (χ4v) is 5.85. The Morgan fingerprint density at radius 3 is 2.08 bits per heavy atom. The number of carbonyl (C=O) groups excluding carboxylic acids is 2. The van der Waals surface area contributed by atoms with E-state index in [1.54, 1.807) is 55.5 Å². The van der Waals surface area contributed by atoms with E-state index in [9.17, 15) is 18.0 Å². The van der Waals surface area contributed by atoms with Gasteiger partial charge in [0.15, 0.2) is 0 Å². The standard InChI is InChI=1S/C30H36ClN3O4S/c1-6-24-11-8-10-14-28(24)34(39(37,38)26-17-15-22(4)16-18-26)20-29(35)33(23(5)30(36)32-21(2)3)19-25-12-7-9-13-27(25)31/h7-18,21,23H,6,19-20H2,1-5H3,(H,32,36). The van der Waals surface area contributed by atoms with E-state index in [-0.39, 0.29) is 23.4 Å². The van der Waals surface area contributed by atoms with E-state index in [0.29, 0.717) is 22.7 Å². The third-order valence-electron chi connectivity index (χ3n) is 6.43. The molecule has 0 aliphatic heterocycles. The highest BCUT2D eigenvalue weighted by Crippen LogP contribution is 2.28. The molecule has 7 nitrogen and oxygen atoms in total. The molecule has 0 bridgehead atoms. The van der Waals surface area contributed by atoms with Crippen LogP contribution in [0.2, 0.25) is 5.02 Å². The first-order chi connectivity index (χ1) is 18.4. The molecular weight excluding hydrogens is 534 g/mol. The molecule has 9 heteroatoms. The second-order valence-corrected chi connectivity index (χ2v) is 12.0. The summed E-state index contributed by atoms with van der Waals surface area (Å²) in [5, 5.41) is 3.30. The van der Waals surface area contributed by atoms with Crippen LogP contribution in [0.1, 0.15) is 44.4 Å². The van der Waals surface area contributed by atoms with Crippen LogP contribution >= 0.6 is 11.6 Å². The van der Waals surface area contributed by atoms with Crippen LogP contribution in [0.3, 0.4) is 0 Å². The van der Waals surface area contributed by atoms with Gasteiger partial charge in [0.1, 0.15) is 12.6 Å². The van der Waals surface area contributed by atoms with Crippen molar-refractivity contribution in [2.24, 2.45) is 0 Å². The molecule has 3 aromatic carbocycles. The van der Waals surface area contributed by atoms with Gasteiger partial charge in [-0.1, -0.05) is 72.6 Å². The number of rotatable bonds is 11. The molecule has 1 unspecified atom stereocenters. The van der Waals surface area contributed by atoms with Crippen molar-refractivity contribution in [2.75, 3.05) is 10.8 Å². The molecule has 0 heterocycles. The maximum Gasteiger partial charge on any atom is 0.264 e. The third-order valence-corrected chi connectivity index (χ3v) is 8.57. The SMILES string of the molecule is CCc1ccccc1N(CC(=O)N(Cc1ccccc1Cl)C(C)C(=O)NC(C)C)S(=O)(=O)c1ccc(C)cc1. The molecule has 1 N–H and O–H groups in total. The van der Waals surface area contributed by atoms with Gasteiger partial charge in [-0.05, 0) is 69.5 Å². The minimum Gasteiger partial charge on any atom is -0.352 e. The van der Waals surface area contributed by atoms with Crippen LogP contribution in [-0.4, -0.2) is 43.8 Å². The Morgan fingerprint density at radius 1 is 0.897 bits per heavy atom. The van der Waals surface area contributed by atoms with Crippen molar-refractivity contribution in [3.05, 3.63) is 94.5 Å². The van der Waals surface area contributed by atoms with Crippen molar-refractivity contribution in [3.8, 4) is 0 Å². The average molecular weight is 570 g/mol. The highest BCUT2D eigenvalue weighted by molar-refractivity contribution is 7.92. The first kappa shape index (κ1) is 30.2. The fourth-order valence-electron chi connectivity index (χ4n) is 4.20. The molecular formula is C30H36ClN3O4S. The molecule has 0 aliphatic carbocycles. The van der Waals surface area contributed by atoms with Crippen LogP contribution < -0.4 is 9.62 Å². The smallest absolute Gasteiger partial charge is 0.264 e. The second kappa shape index (κ2) is 13.1. The Labute approximate surface area is 236 Å². The zero-order valence-corrected chi connectivity index (χ0v) is 24.6. The summed E-state index contributed by atoms with van der Waals surface area (Å²) in [6, 6.07) is 19.7. The van der Waals surface area contributed by atoms with Crippen LogP contribution in [0, 0.1) is 6.92 Å². The Kier molecular flexibility index (Phi) is 10.2. The van der Waals surface area contributed by atoms with E-state index in [0.717, 1.165) is 15.4 Å². The molecule has 3 rings (SSSR count). The number of amides is 2. The molecule has 0 saturated heterocycles. The Hall–Kier alpha value is -3.36. The quantitative estimate of drug-likeness (QED) is 0.337. The van der Waals surface area contributed by atoms with E-state index in [1.807, 2.05) is 39.8 Å². The van der Waals surface area contributed by atoms with E-state index in [1.165, 1.54) is 17.0 Å². The Bertz CT molecular complexity index is 1410. The van der Waals surface area contributed by atoms with E-state index in [2.05, 4.69) is 5.32 Å². The summed E-state index contributed by atoms with van der Waals surface area (Å²) in [7, 11) is -4.12. The summed E-state index contributed by atoms with van der Waals surface area (Å²) in [6.07, 6.45) is 0.570. The van der Waals surface area contributed by atoms with E-state index in [4.69, 9.17) is 11.6 Å². The number of hydrogen-bond donors (Lipinski definition) is 1. The van der Waals surface area contributed by atoms with Crippen molar-refractivity contribution >= 4 is 39.1 Å². The zero-order chi connectivity index (χ0) is 28.7. The molecule has 0 aliphatic rings. The van der Waals surface area contributed by atoms with Crippen molar-refractivity contribution in [3.63, 3.8) is 0 Å². The fraction of sp³-hybridized carbons (Fsp3) is 0.333. The monoisotopic (exact) mass is 569 g/mol. The number of aryl methyl sites for hydroxylation is 2. The minimum absolute atomic E-state index is 0.0407. The number of nitrogens with one attached hydrogen (secondary N) is 1. The normalized spacial score (nSPS) is 12.2. The van der Waals surface area contributed by atoms with Crippen LogP contribution in [0.25, 0.3) is 0 Å². The van der Waals surface area contributed by atoms with Gasteiger partial charge >= 0.3 is 0 Å². The molecule has 39 heavy (non-hydrogen) atoms. The largest absolute Gasteiger partial charge is 0.352 e. The first-order valence-corrected chi connectivity index (χ1v) is 14.8. The van der Waals surface area contributed by atoms with Gasteiger partial charge in [-0.15, -0.1) is 0 Å². The topological polar surface area (TPSA) is 86.8 Å². The molecule has 0 aromatic heterocycles. The number of para-hydroxylation sites is 1. The maximum atomic E-state index is 14.0. The van der Waals surface area contributed by atoms with Crippen LogP contribution in [0.5, 0.6) is 0 Å². The Balaban J connectivity index is 2.08. The van der Waals surface area contributed by atoms with Gasteiger partial charge in [0.2, 0.25) is 11.8 Å². The van der Waals surface area contributed by atoms with Gasteiger partial charge in [0.05, 0.1) is 10.6 Å². The lowest BCUT2D eigenvalue weighted by Gasteiger charge is -2.33. The Morgan fingerprint density at radius 2 is 1.49 bits per heavy atom. The first-order valence-electron chi connectivity index (χ1n) is 13.0. The predicted molar refractivity (Wildman–Crippen MR) is 156 cm³/mol. The maximum absolute atomic E-state index is 14.0. The van der Waals surface area contributed by atoms with Crippen LogP contribution in [0.4, 0.5) is 5.69 Å². The van der Waals surface area contributed by atoms with Gasteiger partial charge in [0.25, 0.3) is 10.0 Å². The molecule has 0 saturated carbocycles. The van der Waals surface area contributed by atoms with Gasteiger partial charge in [-0.25, -0.2) is 8.42 Å². The number of benzene rings is 3. The number of sulfonamides is 1. The zero-order valence-electron chi connectivity index (χ0n) is 23.0. The molecule has 2 amide bonds. The van der Waals surface area contributed by atoms with Crippen LogP contribution in [-0.2, 0) is 32.6 Å². The lowest BCUT2D eigenvalue weighted by atomic mass is 10.1. The van der Waals surface area contributed by atoms with Gasteiger partial charge < -0.3 is 10.2 Å². The number of carbonyl (C=O) groups is 2. The summed E-state index contributed by atoms with van der Waals surface area (Å²) in [5.74, 6) is -0.866. The van der Waals surface area contributed by atoms with Crippen molar-refractivity contribution in [2.45, 2.75) is 64.6 Å². The number of nitrogens with zero attached hydrogens (tertiary/aromatic N) is 2. The summed E-state index contributed by atoms with van der Waals surface area (Å²) < 4.78 is 29.1. The summed E-state index contributed by atoms with van der Waals surface area (Å²) >= 11 is 6.40.